The van der Waals surface area contributed by atoms with Crippen LogP contribution in [0, 0.1) is 19.7 Å². The molecule has 0 saturated heterocycles. The monoisotopic (exact) mass is 308 g/mol. The summed E-state index contributed by atoms with van der Waals surface area (Å²) < 4.78 is 40.5. The third-order valence-electron chi connectivity index (χ3n) is 3.14. The normalized spacial score (nSPS) is 11.6. The second-order valence-electron chi connectivity index (χ2n) is 4.93. The molecular weight excluding hydrogens is 291 g/mol. The van der Waals surface area contributed by atoms with Crippen molar-refractivity contribution in [3.05, 3.63) is 58.9 Å². The number of rotatable bonds is 4. The Morgan fingerprint density at radius 1 is 1.10 bits per heavy atom. The van der Waals surface area contributed by atoms with Crippen molar-refractivity contribution in [2.24, 2.45) is 0 Å². The van der Waals surface area contributed by atoms with Crippen LogP contribution in [0.1, 0.15) is 16.7 Å². The highest BCUT2D eigenvalue weighted by Gasteiger charge is 2.20. The quantitative estimate of drug-likeness (QED) is 0.852. The van der Waals surface area contributed by atoms with Crippen molar-refractivity contribution in [2.45, 2.75) is 25.3 Å². The summed E-state index contributed by atoms with van der Waals surface area (Å²) in [4.78, 5) is 0.124. The van der Waals surface area contributed by atoms with Crippen LogP contribution in [-0.2, 0) is 16.6 Å². The van der Waals surface area contributed by atoms with Crippen molar-refractivity contribution in [1.29, 1.82) is 0 Å². The van der Waals surface area contributed by atoms with Crippen LogP contribution < -0.4 is 10.5 Å². The third-order valence-corrected chi connectivity index (χ3v) is 4.85. The lowest BCUT2D eigenvalue weighted by molar-refractivity contribution is 0.578. The Bertz CT molecular complexity index is 733. The van der Waals surface area contributed by atoms with Gasteiger partial charge in [0.05, 0.1) is 4.90 Å². The smallest absolute Gasteiger partial charge is 0.241 e. The zero-order valence-electron chi connectivity index (χ0n) is 11.9. The molecule has 0 spiro atoms. The second-order valence-corrected chi connectivity index (χ2v) is 6.64. The Morgan fingerprint density at radius 2 is 1.62 bits per heavy atom. The molecule has 21 heavy (non-hydrogen) atoms. The van der Waals surface area contributed by atoms with Gasteiger partial charge in [-0.2, -0.15) is 0 Å². The summed E-state index contributed by atoms with van der Waals surface area (Å²) in [7, 11) is -3.69. The summed E-state index contributed by atoms with van der Waals surface area (Å²) >= 11 is 0. The van der Waals surface area contributed by atoms with E-state index >= 15 is 0 Å². The lowest BCUT2D eigenvalue weighted by Crippen LogP contribution is -2.25. The first-order valence-electron chi connectivity index (χ1n) is 6.40. The van der Waals surface area contributed by atoms with E-state index in [2.05, 4.69) is 4.72 Å². The predicted molar refractivity (Wildman–Crippen MR) is 80.8 cm³/mol. The summed E-state index contributed by atoms with van der Waals surface area (Å²) in [6.07, 6.45) is 0. The number of aryl methyl sites for hydroxylation is 2. The molecule has 0 radical (unpaired) electrons. The standard InChI is InChI=1S/C15H17FN2O2S/c1-10-7-13(16)8-11(2)15(10)21(19,20)18-9-12-3-5-14(17)6-4-12/h3-8,18H,9,17H2,1-2H3. The average molecular weight is 308 g/mol. The van der Waals surface area contributed by atoms with Crippen molar-refractivity contribution < 1.29 is 12.8 Å². The van der Waals surface area contributed by atoms with E-state index < -0.39 is 15.8 Å². The Balaban J connectivity index is 2.25. The van der Waals surface area contributed by atoms with E-state index in [-0.39, 0.29) is 11.4 Å². The van der Waals surface area contributed by atoms with Gasteiger partial charge in [0.15, 0.2) is 0 Å². The number of anilines is 1. The Labute approximate surface area is 123 Å². The van der Waals surface area contributed by atoms with Gasteiger partial charge in [-0.15, -0.1) is 0 Å². The number of hydrogen-bond donors (Lipinski definition) is 2. The van der Waals surface area contributed by atoms with Crippen LogP contribution >= 0.6 is 0 Å². The second kappa shape index (κ2) is 5.83. The number of benzene rings is 2. The molecule has 2 rings (SSSR count). The number of sulfonamides is 1. The predicted octanol–water partition coefficient (Wildman–Crippen LogP) is 2.50. The number of nitrogen functional groups attached to an aromatic ring is 1. The van der Waals surface area contributed by atoms with Gasteiger partial charge >= 0.3 is 0 Å². The van der Waals surface area contributed by atoms with Gasteiger partial charge in [-0.3, -0.25) is 0 Å². The van der Waals surface area contributed by atoms with Gasteiger partial charge in [-0.05, 0) is 54.8 Å². The molecule has 112 valence electrons. The fraction of sp³-hybridized carbons (Fsp3) is 0.200. The zero-order valence-corrected chi connectivity index (χ0v) is 12.7. The molecule has 3 N–H and O–H groups in total. The molecule has 6 heteroatoms. The van der Waals surface area contributed by atoms with E-state index in [4.69, 9.17) is 5.73 Å². The first-order valence-corrected chi connectivity index (χ1v) is 7.89. The highest BCUT2D eigenvalue weighted by atomic mass is 32.2. The molecule has 0 atom stereocenters. The van der Waals surface area contributed by atoms with Gasteiger partial charge in [0.2, 0.25) is 10.0 Å². The summed E-state index contributed by atoms with van der Waals surface area (Å²) in [5.41, 5.74) is 7.77. The van der Waals surface area contributed by atoms with E-state index in [0.717, 1.165) is 5.56 Å². The zero-order chi connectivity index (χ0) is 15.6. The van der Waals surface area contributed by atoms with E-state index in [1.54, 1.807) is 38.1 Å². The van der Waals surface area contributed by atoms with Gasteiger partial charge in [0, 0.05) is 12.2 Å². The number of hydrogen-bond acceptors (Lipinski definition) is 3. The molecule has 0 bridgehead atoms. The van der Waals surface area contributed by atoms with Gasteiger partial charge in [-0.25, -0.2) is 17.5 Å². The SMILES string of the molecule is Cc1cc(F)cc(C)c1S(=O)(=O)NCc1ccc(N)cc1. The lowest BCUT2D eigenvalue weighted by atomic mass is 10.1. The highest BCUT2D eigenvalue weighted by molar-refractivity contribution is 7.89. The van der Waals surface area contributed by atoms with E-state index in [1.165, 1.54) is 12.1 Å². The Kier molecular flexibility index (Phi) is 4.29. The molecule has 2 aromatic rings. The van der Waals surface area contributed by atoms with Gasteiger partial charge in [0.25, 0.3) is 0 Å². The molecule has 0 unspecified atom stereocenters. The molecule has 0 aromatic heterocycles. The van der Waals surface area contributed by atoms with Crippen molar-refractivity contribution in [3.63, 3.8) is 0 Å². The minimum absolute atomic E-state index is 0.124. The summed E-state index contributed by atoms with van der Waals surface area (Å²) in [6, 6.07) is 9.34. The van der Waals surface area contributed by atoms with E-state index in [9.17, 15) is 12.8 Å². The fourth-order valence-electron chi connectivity index (χ4n) is 2.21. The fourth-order valence-corrected chi connectivity index (χ4v) is 3.67. The Hall–Kier alpha value is -1.92. The molecule has 2 aromatic carbocycles. The van der Waals surface area contributed by atoms with Gasteiger partial charge in [0.1, 0.15) is 5.82 Å². The molecule has 0 saturated carbocycles. The number of nitrogens with two attached hydrogens (primary N) is 1. The highest BCUT2D eigenvalue weighted by Crippen LogP contribution is 2.21. The number of halogens is 1. The molecule has 0 heterocycles. The first kappa shape index (κ1) is 15.5. The summed E-state index contributed by atoms with van der Waals surface area (Å²) in [5, 5.41) is 0. The summed E-state index contributed by atoms with van der Waals surface area (Å²) in [5.74, 6) is -0.442. The lowest BCUT2D eigenvalue weighted by Gasteiger charge is -2.12. The minimum Gasteiger partial charge on any atom is -0.399 e. The topological polar surface area (TPSA) is 72.2 Å². The van der Waals surface area contributed by atoms with E-state index in [0.29, 0.717) is 16.8 Å². The van der Waals surface area contributed by atoms with Crippen molar-refractivity contribution in [2.75, 3.05) is 5.73 Å². The Morgan fingerprint density at radius 3 is 2.14 bits per heavy atom. The van der Waals surface area contributed by atoms with Crippen LogP contribution in [0.4, 0.5) is 10.1 Å². The van der Waals surface area contributed by atoms with Gasteiger partial charge < -0.3 is 5.73 Å². The third kappa shape index (κ3) is 3.59. The maximum absolute atomic E-state index is 13.3. The van der Waals surface area contributed by atoms with Crippen LogP contribution in [0.3, 0.4) is 0 Å². The maximum Gasteiger partial charge on any atom is 0.241 e. The van der Waals surface area contributed by atoms with Crippen LogP contribution in [0.25, 0.3) is 0 Å². The van der Waals surface area contributed by atoms with Crippen LogP contribution in [0.15, 0.2) is 41.3 Å². The molecule has 0 aliphatic heterocycles. The first-order chi connectivity index (χ1) is 9.79. The van der Waals surface area contributed by atoms with Gasteiger partial charge in [-0.1, -0.05) is 12.1 Å². The van der Waals surface area contributed by atoms with Crippen molar-refractivity contribution in [3.8, 4) is 0 Å². The summed E-state index contributed by atoms with van der Waals surface area (Å²) in [6.45, 7) is 3.31. The van der Waals surface area contributed by atoms with Crippen LogP contribution in [0.2, 0.25) is 0 Å². The molecule has 0 aliphatic rings. The molecule has 0 amide bonds. The van der Waals surface area contributed by atoms with Crippen LogP contribution in [-0.4, -0.2) is 8.42 Å². The molecule has 0 aliphatic carbocycles. The number of nitrogens with one attached hydrogen (secondary N) is 1. The van der Waals surface area contributed by atoms with E-state index in [1.807, 2.05) is 0 Å². The largest absolute Gasteiger partial charge is 0.399 e. The molecule has 0 fully saturated rings. The average Bonchev–Trinajstić information content (AvgIpc) is 2.36. The van der Waals surface area contributed by atoms with Crippen LogP contribution in [0.5, 0.6) is 0 Å². The molecular formula is C15H17FN2O2S. The van der Waals surface area contributed by atoms with Crippen molar-refractivity contribution in [1.82, 2.24) is 4.72 Å². The maximum atomic E-state index is 13.3. The minimum atomic E-state index is -3.69. The van der Waals surface area contributed by atoms with Crippen molar-refractivity contribution >= 4 is 15.7 Å². The molecule has 4 nitrogen and oxygen atoms in total.